The van der Waals surface area contributed by atoms with E-state index < -0.39 is 0 Å². The number of nitrogens with zero attached hydrogens (tertiary/aromatic N) is 4. The number of pyridine rings is 1. The molecule has 0 unspecified atom stereocenters. The molecule has 0 bridgehead atoms. The number of aromatic nitrogens is 2. The molecule has 124 valence electrons. The van der Waals surface area contributed by atoms with Crippen LogP contribution in [-0.2, 0) is 11.3 Å². The first-order chi connectivity index (χ1) is 11.6. The number of fused-ring (bicyclic) bond motifs is 1. The van der Waals surface area contributed by atoms with Crippen molar-refractivity contribution in [1.29, 1.82) is 0 Å². The van der Waals surface area contributed by atoms with Gasteiger partial charge in [-0.15, -0.1) is 11.3 Å². The van der Waals surface area contributed by atoms with Crippen LogP contribution in [0.1, 0.15) is 34.7 Å². The third-order valence-corrected chi connectivity index (χ3v) is 5.39. The van der Waals surface area contributed by atoms with Gasteiger partial charge in [0, 0.05) is 24.0 Å². The normalized spacial score (nSPS) is 23.0. The van der Waals surface area contributed by atoms with E-state index in [1.54, 1.807) is 10.9 Å². The van der Waals surface area contributed by atoms with Crippen molar-refractivity contribution in [3.05, 3.63) is 46.2 Å². The largest absolute Gasteiger partial charge is 0.332 e. The number of hydrogen-bond donors (Lipinski definition) is 0. The lowest BCUT2D eigenvalue weighted by atomic mass is 10.1. The number of aryl methyl sites for hydroxylation is 1. The summed E-state index contributed by atoms with van der Waals surface area (Å²) in [6, 6.07) is 5.89. The molecule has 0 aliphatic carbocycles. The molecule has 0 saturated carbocycles. The summed E-state index contributed by atoms with van der Waals surface area (Å²) in [6.45, 7) is 3.14. The van der Waals surface area contributed by atoms with Gasteiger partial charge in [-0.3, -0.25) is 14.6 Å². The number of carbonyl (C=O) groups is 2. The van der Waals surface area contributed by atoms with E-state index in [0.29, 0.717) is 25.2 Å². The molecule has 0 aromatic carbocycles. The minimum atomic E-state index is -0.0629. The van der Waals surface area contributed by atoms with Crippen molar-refractivity contribution >= 4 is 23.2 Å². The molecule has 0 spiro atoms. The smallest absolute Gasteiger partial charge is 0.273 e. The van der Waals surface area contributed by atoms with Crippen LogP contribution >= 0.6 is 11.3 Å². The second-order valence-electron chi connectivity index (χ2n) is 6.29. The van der Waals surface area contributed by atoms with Crippen molar-refractivity contribution in [2.75, 3.05) is 6.54 Å². The van der Waals surface area contributed by atoms with E-state index in [1.165, 1.54) is 11.3 Å². The highest BCUT2D eigenvalue weighted by Crippen LogP contribution is 2.34. The first-order valence-electron chi connectivity index (χ1n) is 8.04. The summed E-state index contributed by atoms with van der Waals surface area (Å²) >= 11 is 1.41. The van der Waals surface area contributed by atoms with Crippen molar-refractivity contribution in [1.82, 2.24) is 19.8 Å². The maximum absolute atomic E-state index is 12.6. The highest BCUT2D eigenvalue weighted by atomic mass is 32.1. The highest BCUT2D eigenvalue weighted by Gasteiger charge is 2.48. The minimum absolute atomic E-state index is 0.0449. The monoisotopic (exact) mass is 342 g/mol. The van der Waals surface area contributed by atoms with Crippen LogP contribution in [0.2, 0.25) is 0 Å². The Balaban J connectivity index is 1.52. The van der Waals surface area contributed by atoms with E-state index in [9.17, 15) is 9.59 Å². The molecule has 7 heteroatoms. The molecule has 2 aliphatic heterocycles. The van der Waals surface area contributed by atoms with Gasteiger partial charge in [0.2, 0.25) is 5.91 Å². The molecule has 6 nitrogen and oxygen atoms in total. The molecule has 0 radical (unpaired) electrons. The Kier molecular flexibility index (Phi) is 3.80. The fourth-order valence-electron chi connectivity index (χ4n) is 3.71. The third kappa shape index (κ3) is 2.58. The SMILES string of the molecule is Cc1cccc(CN2C(=O)C[C@H]3[C@H]2CCN3C(=O)c2cscn2)n1. The van der Waals surface area contributed by atoms with E-state index in [1.807, 2.05) is 34.9 Å². The van der Waals surface area contributed by atoms with Gasteiger partial charge in [0.15, 0.2) is 0 Å². The van der Waals surface area contributed by atoms with Crippen LogP contribution in [0.4, 0.5) is 0 Å². The lowest BCUT2D eigenvalue weighted by molar-refractivity contribution is -0.129. The summed E-state index contributed by atoms with van der Waals surface area (Å²) in [6.07, 6.45) is 1.21. The number of thiazole rings is 1. The summed E-state index contributed by atoms with van der Waals surface area (Å²) in [5.41, 5.74) is 3.98. The van der Waals surface area contributed by atoms with Crippen molar-refractivity contribution in [2.24, 2.45) is 0 Å². The summed E-state index contributed by atoms with van der Waals surface area (Å²) in [5, 5.41) is 1.76. The zero-order chi connectivity index (χ0) is 16.7. The van der Waals surface area contributed by atoms with Gasteiger partial charge in [-0.25, -0.2) is 4.98 Å². The zero-order valence-corrected chi connectivity index (χ0v) is 14.2. The molecule has 4 heterocycles. The predicted molar refractivity (Wildman–Crippen MR) is 89.5 cm³/mol. The minimum Gasteiger partial charge on any atom is -0.332 e. The van der Waals surface area contributed by atoms with Gasteiger partial charge < -0.3 is 9.80 Å². The molecule has 0 N–H and O–H groups in total. The number of rotatable bonds is 3. The van der Waals surface area contributed by atoms with Crippen molar-refractivity contribution in [2.45, 2.75) is 38.4 Å². The lowest BCUT2D eigenvalue weighted by Crippen LogP contribution is -2.39. The number of carbonyl (C=O) groups excluding carboxylic acids is 2. The van der Waals surface area contributed by atoms with Crippen LogP contribution < -0.4 is 0 Å². The van der Waals surface area contributed by atoms with Crippen LogP contribution in [0.15, 0.2) is 29.1 Å². The van der Waals surface area contributed by atoms with Crippen LogP contribution in [0.3, 0.4) is 0 Å². The molecule has 2 aromatic heterocycles. The molecule has 2 fully saturated rings. The average Bonchev–Trinajstić information content (AvgIpc) is 3.26. The average molecular weight is 342 g/mol. The van der Waals surface area contributed by atoms with Crippen molar-refractivity contribution < 1.29 is 9.59 Å². The Labute approximate surface area is 144 Å². The Morgan fingerprint density at radius 2 is 2.25 bits per heavy atom. The zero-order valence-electron chi connectivity index (χ0n) is 13.4. The molecular weight excluding hydrogens is 324 g/mol. The third-order valence-electron chi connectivity index (χ3n) is 4.81. The standard InChI is InChI=1S/C17H18N4O2S/c1-11-3-2-4-12(19-11)8-21-14-5-6-20(15(14)7-16(21)22)17(23)13-9-24-10-18-13/h2-4,9-10,14-15H,5-8H2,1H3/t14-,15+/m1/s1. The lowest BCUT2D eigenvalue weighted by Gasteiger charge is -2.25. The van der Waals surface area contributed by atoms with Crippen molar-refractivity contribution in [3.8, 4) is 0 Å². The van der Waals surface area contributed by atoms with Crippen LogP contribution in [0, 0.1) is 6.92 Å². The van der Waals surface area contributed by atoms with E-state index in [4.69, 9.17) is 0 Å². The van der Waals surface area contributed by atoms with Crippen molar-refractivity contribution in [3.63, 3.8) is 0 Å². The number of amides is 2. The van der Waals surface area contributed by atoms with Crippen LogP contribution in [0.5, 0.6) is 0 Å². The molecule has 2 amide bonds. The summed E-state index contributed by atoms with van der Waals surface area (Å²) in [5.74, 6) is 0.0381. The quantitative estimate of drug-likeness (QED) is 0.854. The fourth-order valence-corrected chi connectivity index (χ4v) is 4.24. The van der Waals surface area contributed by atoms with Gasteiger partial charge >= 0.3 is 0 Å². The molecule has 4 rings (SSSR count). The highest BCUT2D eigenvalue weighted by molar-refractivity contribution is 7.07. The van der Waals surface area contributed by atoms with Gasteiger partial charge in [-0.2, -0.15) is 0 Å². The Bertz CT molecular complexity index is 777. The summed E-state index contributed by atoms with van der Waals surface area (Å²) in [4.78, 5) is 37.4. The summed E-state index contributed by atoms with van der Waals surface area (Å²) in [7, 11) is 0. The Morgan fingerprint density at radius 1 is 1.38 bits per heavy atom. The second kappa shape index (κ2) is 5.98. The molecule has 2 aromatic rings. The van der Waals surface area contributed by atoms with Crippen LogP contribution in [0.25, 0.3) is 0 Å². The number of hydrogen-bond acceptors (Lipinski definition) is 5. The maximum atomic E-state index is 12.6. The molecule has 2 atom stereocenters. The fraction of sp³-hybridized carbons (Fsp3) is 0.412. The summed E-state index contributed by atoms with van der Waals surface area (Å²) < 4.78 is 0. The molecular formula is C17H18N4O2S. The van der Waals surface area contributed by atoms with Gasteiger partial charge in [0.05, 0.1) is 29.8 Å². The first-order valence-corrected chi connectivity index (χ1v) is 8.99. The van der Waals surface area contributed by atoms with Gasteiger partial charge in [0.25, 0.3) is 5.91 Å². The molecule has 2 saturated heterocycles. The van der Waals surface area contributed by atoms with Crippen LogP contribution in [-0.4, -0.2) is 50.2 Å². The molecule has 2 aliphatic rings. The Hall–Kier alpha value is -2.28. The van der Waals surface area contributed by atoms with E-state index >= 15 is 0 Å². The first kappa shape index (κ1) is 15.3. The Morgan fingerprint density at radius 3 is 3.00 bits per heavy atom. The van der Waals surface area contributed by atoms with Gasteiger partial charge in [0.1, 0.15) is 5.69 Å². The molecule has 24 heavy (non-hydrogen) atoms. The van der Waals surface area contributed by atoms with E-state index in [0.717, 1.165) is 17.8 Å². The maximum Gasteiger partial charge on any atom is 0.273 e. The van der Waals surface area contributed by atoms with E-state index in [-0.39, 0.29) is 23.9 Å². The van der Waals surface area contributed by atoms with Gasteiger partial charge in [-0.1, -0.05) is 6.07 Å². The topological polar surface area (TPSA) is 66.4 Å². The number of likely N-dealkylation sites (tertiary alicyclic amines) is 2. The van der Waals surface area contributed by atoms with E-state index in [2.05, 4.69) is 9.97 Å². The van der Waals surface area contributed by atoms with Gasteiger partial charge in [-0.05, 0) is 25.5 Å². The second-order valence-corrected chi connectivity index (χ2v) is 7.01. The predicted octanol–water partition coefficient (Wildman–Crippen LogP) is 1.86.